The van der Waals surface area contributed by atoms with Gasteiger partial charge in [0.2, 0.25) is 0 Å². The third-order valence-electron chi connectivity index (χ3n) is 3.87. The number of hydrogen-bond donors (Lipinski definition) is 0. The maximum absolute atomic E-state index is 12.0. The van der Waals surface area contributed by atoms with Crippen LogP contribution in [0.2, 0.25) is 5.02 Å². The van der Waals surface area contributed by atoms with Gasteiger partial charge in [-0.1, -0.05) is 66.2 Å². The van der Waals surface area contributed by atoms with E-state index in [1.165, 1.54) is 6.08 Å². The number of benzene rings is 3. The number of carbonyl (C=O) groups excluding carboxylic acids is 1. The number of carbonyl (C=O) groups is 1. The van der Waals surface area contributed by atoms with Crippen LogP contribution in [-0.4, -0.2) is 5.97 Å². The van der Waals surface area contributed by atoms with E-state index in [2.05, 4.69) is 6.07 Å². The van der Waals surface area contributed by atoms with E-state index in [-0.39, 0.29) is 0 Å². The monoisotopic (exact) mass is 385 g/mol. The first-order chi connectivity index (χ1) is 13.6. The van der Waals surface area contributed by atoms with Crippen LogP contribution in [0, 0.1) is 11.3 Å². The van der Waals surface area contributed by atoms with Crippen LogP contribution in [0.25, 0.3) is 17.7 Å². The van der Waals surface area contributed by atoms with E-state index in [1.54, 1.807) is 54.6 Å². The summed E-state index contributed by atoms with van der Waals surface area (Å²) >= 11 is 5.90. The summed E-state index contributed by atoms with van der Waals surface area (Å²) in [6.07, 6.45) is 4.81. The fraction of sp³-hybridized carbons (Fsp3) is 0. The van der Waals surface area contributed by atoms with Crippen molar-refractivity contribution in [3.05, 3.63) is 107 Å². The van der Waals surface area contributed by atoms with E-state index in [0.29, 0.717) is 16.3 Å². The van der Waals surface area contributed by atoms with Crippen molar-refractivity contribution in [2.75, 3.05) is 0 Å². The highest BCUT2D eigenvalue weighted by Crippen LogP contribution is 2.22. The average molecular weight is 386 g/mol. The number of ether oxygens (including phenoxy) is 1. The lowest BCUT2D eigenvalue weighted by Crippen LogP contribution is -2.03. The standard InChI is InChI=1S/C24H16ClNO2/c25-22-12-10-20(11-13-22)21(17-26)15-19-7-4-8-23(16-19)28-24(27)14-9-18-5-2-1-3-6-18/h1-16H/b14-9+,21-15-. The summed E-state index contributed by atoms with van der Waals surface area (Å²) in [6.45, 7) is 0. The topological polar surface area (TPSA) is 50.1 Å². The summed E-state index contributed by atoms with van der Waals surface area (Å²) in [5, 5.41) is 10.1. The van der Waals surface area contributed by atoms with Crippen LogP contribution in [0.1, 0.15) is 16.7 Å². The Morgan fingerprint density at radius 2 is 1.64 bits per heavy atom. The van der Waals surface area contributed by atoms with Crippen molar-refractivity contribution in [3.8, 4) is 11.8 Å². The predicted octanol–water partition coefficient (Wildman–Crippen LogP) is 6.02. The molecular weight excluding hydrogens is 370 g/mol. The third kappa shape index (κ3) is 5.44. The van der Waals surface area contributed by atoms with Gasteiger partial charge in [-0.25, -0.2) is 4.79 Å². The Bertz CT molecular complexity index is 1060. The SMILES string of the molecule is N#C/C(=C/c1cccc(OC(=O)/C=C/c2ccccc2)c1)c1ccc(Cl)cc1. The van der Waals surface area contributed by atoms with E-state index >= 15 is 0 Å². The number of rotatable bonds is 5. The molecule has 0 amide bonds. The fourth-order valence-electron chi connectivity index (χ4n) is 2.52. The molecule has 3 aromatic rings. The van der Waals surface area contributed by atoms with Gasteiger partial charge in [-0.2, -0.15) is 5.26 Å². The van der Waals surface area contributed by atoms with Crippen LogP contribution in [0.15, 0.2) is 84.9 Å². The molecule has 3 rings (SSSR count). The minimum absolute atomic E-state index is 0.407. The molecular formula is C24H16ClNO2. The Hall–Kier alpha value is -3.61. The summed E-state index contributed by atoms with van der Waals surface area (Å²) < 4.78 is 5.36. The van der Waals surface area contributed by atoms with Gasteiger partial charge in [-0.15, -0.1) is 0 Å². The lowest BCUT2D eigenvalue weighted by molar-refractivity contribution is -0.128. The number of nitrogens with zero attached hydrogens (tertiary/aromatic N) is 1. The number of halogens is 1. The van der Waals surface area contributed by atoms with Gasteiger partial charge in [0.1, 0.15) is 5.75 Å². The normalized spacial score (nSPS) is 11.2. The first-order valence-electron chi connectivity index (χ1n) is 8.57. The molecule has 0 saturated carbocycles. The second kappa shape index (κ2) is 9.36. The van der Waals surface area contributed by atoms with Crippen molar-refractivity contribution >= 4 is 35.3 Å². The zero-order chi connectivity index (χ0) is 19.8. The number of allylic oxidation sites excluding steroid dienone is 1. The van der Waals surface area contributed by atoms with Gasteiger partial charge in [0.25, 0.3) is 0 Å². The minimum atomic E-state index is -0.469. The second-order valence-electron chi connectivity index (χ2n) is 5.91. The molecule has 3 nitrogen and oxygen atoms in total. The van der Waals surface area contributed by atoms with E-state index in [0.717, 1.165) is 16.7 Å². The molecule has 4 heteroatoms. The minimum Gasteiger partial charge on any atom is -0.423 e. The van der Waals surface area contributed by atoms with Gasteiger partial charge in [0.05, 0.1) is 11.6 Å². The van der Waals surface area contributed by atoms with Gasteiger partial charge in [0.15, 0.2) is 0 Å². The zero-order valence-electron chi connectivity index (χ0n) is 14.9. The van der Waals surface area contributed by atoms with Crippen molar-refractivity contribution in [2.24, 2.45) is 0 Å². The molecule has 0 saturated heterocycles. The maximum atomic E-state index is 12.0. The Kier molecular flexibility index (Phi) is 6.41. The van der Waals surface area contributed by atoms with Crippen LogP contribution in [0.5, 0.6) is 5.75 Å². The maximum Gasteiger partial charge on any atom is 0.336 e. The lowest BCUT2D eigenvalue weighted by Gasteiger charge is -2.04. The third-order valence-corrected chi connectivity index (χ3v) is 4.13. The highest BCUT2D eigenvalue weighted by Gasteiger charge is 2.04. The van der Waals surface area contributed by atoms with Gasteiger partial charge in [-0.05, 0) is 53.1 Å². The predicted molar refractivity (Wildman–Crippen MR) is 112 cm³/mol. The lowest BCUT2D eigenvalue weighted by atomic mass is 10.0. The molecule has 0 radical (unpaired) electrons. The Morgan fingerprint density at radius 1 is 0.929 bits per heavy atom. The first kappa shape index (κ1) is 19.2. The molecule has 0 aliphatic carbocycles. The van der Waals surface area contributed by atoms with Gasteiger partial charge in [0, 0.05) is 11.1 Å². The van der Waals surface area contributed by atoms with E-state index < -0.39 is 5.97 Å². The first-order valence-corrected chi connectivity index (χ1v) is 8.94. The number of nitriles is 1. The molecule has 0 unspecified atom stereocenters. The van der Waals surface area contributed by atoms with Crippen molar-refractivity contribution in [1.29, 1.82) is 5.26 Å². The van der Waals surface area contributed by atoms with Crippen LogP contribution >= 0.6 is 11.6 Å². The molecule has 0 heterocycles. The highest BCUT2D eigenvalue weighted by molar-refractivity contribution is 6.30. The molecule has 0 spiro atoms. The van der Waals surface area contributed by atoms with Gasteiger partial charge < -0.3 is 4.74 Å². The molecule has 0 bridgehead atoms. The van der Waals surface area contributed by atoms with Gasteiger partial charge in [-0.3, -0.25) is 0 Å². The van der Waals surface area contributed by atoms with Crippen LogP contribution in [-0.2, 0) is 4.79 Å². The molecule has 0 aromatic heterocycles. The molecule has 0 aliphatic heterocycles. The quantitative estimate of drug-likeness (QED) is 0.177. The van der Waals surface area contributed by atoms with Crippen LogP contribution in [0.4, 0.5) is 0 Å². The highest BCUT2D eigenvalue weighted by atomic mass is 35.5. The summed E-state index contributed by atoms with van der Waals surface area (Å²) in [7, 11) is 0. The van der Waals surface area contributed by atoms with Crippen molar-refractivity contribution in [3.63, 3.8) is 0 Å². The molecule has 0 N–H and O–H groups in total. The Morgan fingerprint density at radius 3 is 2.36 bits per heavy atom. The van der Waals surface area contributed by atoms with E-state index in [9.17, 15) is 10.1 Å². The average Bonchev–Trinajstić information content (AvgIpc) is 2.72. The molecule has 0 aliphatic rings. The smallest absolute Gasteiger partial charge is 0.336 e. The van der Waals surface area contributed by atoms with Gasteiger partial charge >= 0.3 is 5.97 Å². The largest absolute Gasteiger partial charge is 0.423 e. The molecule has 136 valence electrons. The molecule has 3 aromatic carbocycles. The number of esters is 1. The van der Waals surface area contributed by atoms with Crippen LogP contribution < -0.4 is 4.74 Å². The number of hydrogen-bond acceptors (Lipinski definition) is 3. The van der Waals surface area contributed by atoms with E-state index in [1.807, 2.05) is 36.4 Å². The Balaban J connectivity index is 1.74. The van der Waals surface area contributed by atoms with E-state index in [4.69, 9.17) is 16.3 Å². The van der Waals surface area contributed by atoms with Crippen molar-refractivity contribution < 1.29 is 9.53 Å². The molecule has 0 atom stereocenters. The molecule has 28 heavy (non-hydrogen) atoms. The fourth-order valence-corrected chi connectivity index (χ4v) is 2.65. The van der Waals surface area contributed by atoms with Crippen molar-refractivity contribution in [2.45, 2.75) is 0 Å². The molecule has 0 fully saturated rings. The second-order valence-corrected chi connectivity index (χ2v) is 6.35. The van der Waals surface area contributed by atoms with Crippen LogP contribution in [0.3, 0.4) is 0 Å². The summed E-state index contributed by atoms with van der Waals surface area (Å²) in [6, 6.07) is 25.7. The summed E-state index contributed by atoms with van der Waals surface area (Å²) in [5.74, 6) is -0.0620. The van der Waals surface area contributed by atoms with Crippen molar-refractivity contribution in [1.82, 2.24) is 0 Å². The summed E-state index contributed by atoms with van der Waals surface area (Å²) in [4.78, 5) is 12.0. The summed E-state index contributed by atoms with van der Waals surface area (Å²) in [5.41, 5.74) is 2.92. The zero-order valence-corrected chi connectivity index (χ0v) is 15.6. The Labute approximate surface area is 168 Å².